The minimum atomic E-state index is 0.350. The highest BCUT2D eigenvalue weighted by molar-refractivity contribution is 6.30. The number of unbranched alkanes of at least 4 members (excludes halogenated alkanes) is 3. The smallest absolute Gasteiger partial charge is 0.190 e. The zero-order valence-electron chi connectivity index (χ0n) is 11.5. The second kappa shape index (κ2) is 7.06. The normalized spacial score (nSPS) is 10.4. The molecule has 0 saturated heterocycles. The Morgan fingerprint density at radius 3 is 2.85 bits per heavy atom. The molecule has 4 nitrogen and oxygen atoms in total. The maximum Gasteiger partial charge on any atom is 0.190 e. The van der Waals surface area contributed by atoms with Gasteiger partial charge in [-0.1, -0.05) is 55.1 Å². The summed E-state index contributed by atoms with van der Waals surface area (Å²) < 4.78 is 1.81. The van der Waals surface area contributed by atoms with E-state index < -0.39 is 0 Å². The van der Waals surface area contributed by atoms with Gasteiger partial charge in [0.15, 0.2) is 5.69 Å². The third-order valence-corrected chi connectivity index (χ3v) is 3.40. The Hall–Kier alpha value is -1.86. The molecular weight excluding hydrogens is 272 g/mol. The van der Waals surface area contributed by atoms with Crippen LogP contribution in [0.3, 0.4) is 0 Å². The van der Waals surface area contributed by atoms with E-state index in [4.69, 9.17) is 11.6 Å². The van der Waals surface area contributed by atoms with Crippen LogP contribution in [0.15, 0.2) is 24.3 Å². The number of rotatable bonds is 6. The summed E-state index contributed by atoms with van der Waals surface area (Å²) in [4.78, 5) is 0. The monoisotopic (exact) mass is 288 g/mol. The molecule has 20 heavy (non-hydrogen) atoms. The van der Waals surface area contributed by atoms with Crippen LogP contribution < -0.4 is 0 Å². The van der Waals surface area contributed by atoms with Crippen molar-refractivity contribution in [3.8, 4) is 17.3 Å². The van der Waals surface area contributed by atoms with E-state index in [1.165, 1.54) is 12.8 Å². The molecular formula is C15H17ClN4. The Bertz CT molecular complexity index is 613. The predicted octanol–water partition coefficient (Wildman–Crippen LogP) is 4.05. The van der Waals surface area contributed by atoms with E-state index in [1.807, 2.05) is 24.3 Å². The molecule has 0 aliphatic carbocycles. The van der Waals surface area contributed by atoms with Gasteiger partial charge in [0.2, 0.25) is 0 Å². The van der Waals surface area contributed by atoms with Crippen molar-refractivity contribution >= 4 is 11.6 Å². The van der Waals surface area contributed by atoms with Crippen LogP contribution in [0.4, 0.5) is 0 Å². The van der Waals surface area contributed by atoms with Gasteiger partial charge in [-0.2, -0.15) is 5.26 Å². The molecule has 2 rings (SSSR count). The minimum Gasteiger partial charge on any atom is -0.243 e. The van der Waals surface area contributed by atoms with E-state index in [-0.39, 0.29) is 0 Å². The van der Waals surface area contributed by atoms with E-state index in [0.717, 1.165) is 30.6 Å². The van der Waals surface area contributed by atoms with Gasteiger partial charge in [0.25, 0.3) is 0 Å². The molecule has 0 saturated carbocycles. The Kier molecular flexibility index (Phi) is 5.14. The van der Waals surface area contributed by atoms with Crippen molar-refractivity contribution < 1.29 is 0 Å². The Labute approximate surface area is 124 Å². The Morgan fingerprint density at radius 2 is 2.15 bits per heavy atom. The highest BCUT2D eigenvalue weighted by Crippen LogP contribution is 2.25. The number of halogens is 1. The van der Waals surface area contributed by atoms with E-state index in [1.54, 1.807) is 4.68 Å². The average molecular weight is 289 g/mol. The van der Waals surface area contributed by atoms with Crippen LogP contribution in [0.5, 0.6) is 0 Å². The maximum absolute atomic E-state index is 9.17. The topological polar surface area (TPSA) is 54.5 Å². The summed E-state index contributed by atoms with van der Waals surface area (Å²) in [5.41, 5.74) is 1.99. The molecule has 0 fully saturated rings. The van der Waals surface area contributed by atoms with Crippen molar-refractivity contribution in [3.05, 3.63) is 35.0 Å². The van der Waals surface area contributed by atoms with Crippen LogP contribution in [0.25, 0.3) is 11.3 Å². The summed E-state index contributed by atoms with van der Waals surface area (Å²) in [6.07, 6.45) is 4.61. The lowest BCUT2D eigenvalue weighted by Gasteiger charge is -2.07. The first kappa shape index (κ1) is 14.5. The van der Waals surface area contributed by atoms with Gasteiger partial charge in [0.1, 0.15) is 11.8 Å². The fourth-order valence-corrected chi connectivity index (χ4v) is 2.35. The van der Waals surface area contributed by atoms with E-state index in [2.05, 4.69) is 23.3 Å². The molecule has 0 aliphatic heterocycles. The molecule has 0 atom stereocenters. The lowest BCUT2D eigenvalue weighted by Crippen LogP contribution is -2.03. The quantitative estimate of drug-likeness (QED) is 0.754. The SMILES string of the molecule is CCCCCCn1nnc(C#N)c1-c1cccc(Cl)c1. The summed E-state index contributed by atoms with van der Waals surface area (Å²) >= 11 is 6.02. The van der Waals surface area contributed by atoms with Gasteiger partial charge in [-0.3, -0.25) is 0 Å². The van der Waals surface area contributed by atoms with Gasteiger partial charge in [0, 0.05) is 17.1 Å². The average Bonchev–Trinajstić information content (AvgIpc) is 2.86. The standard InChI is InChI=1S/C15H17ClN4/c1-2-3-4-5-9-20-15(14(11-17)18-19-20)12-7-6-8-13(16)10-12/h6-8,10H,2-5,9H2,1H3. The highest BCUT2D eigenvalue weighted by Gasteiger charge is 2.14. The van der Waals surface area contributed by atoms with Gasteiger partial charge < -0.3 is 0 Å². The van der Waals surface area contributed by atoms with Crippen molar-refractivity contribution in [1.29, 1.82) is 5.26 Å². The maximum atomic E-state index is 9.17. The summed E-state index contributed by atoms with van der Waals surface area (Å²) in [6, 6.07) is 9.54. The fourth-order valence-electron chi connectivity index (χ4n) is 2.15. The lowest BCUT2D eigenvalue weighted by atomic mass is 10.1. The number of hydrogen-bond acceptors (Lipinski definition) is 3. The first-order valence-corrected chi connectivity index (χ1v) is 7.23. The molecule has 1 aromatic heterocycles. The molecule has 5 heteroatoms. The lowest BCUT2D eigenvalue weighted by molar-refractivity contribution is 0.531. The number of hydrogen-bond donors (Lipinski definition) is 0. The van der Waals surface area contributed by atoms with Gasteiger partial charge in [-0.15, -0.1) is 5.10 Å². The number of benzene rings is 1. The third kappa shape index (κ3) is 3.37. The number of nitrogens with zero attached hydrogens (tertiary/aromatic N) is 4. The first-order valence-electron chi connectivity index (χ1n) is 6.85. The molecule has 0 N–H and O–H groups in total. The Morgan fingerprint density at radius 1 is 1.30 bits per heavy atom. The molecule has 0 bridgehead atoms. The van der Waals surface area contributed by atoms with Crippen LogP contribution in [-0.4, -0.2) is 15.0 Å². The molecule has 1 heterocycles. The van der Waals surface area contributed by atoms with Crippen LogP contribution in [0.2, 0.25) is 5.02 Å². The number of nitriles is 1. The zero-order chi connectivity index (χ0) is 14.4. The van der Waals surface area contributed by atoms with Crippen molar-refractivity contribution in [1.82, 2.24) is 15.0 Å². The fraction of sp³-hybridized carbons (Fsp3) is 0.400. The van der Waals surface area contributed by atoms with Gasteiger partial charge in [-0.05, 0) is 18.6 Å². The molecule has 0 spiro atoms. The number of aryl methyl sites for hydroxylation is 1. The summed E-state index contributed by atoms with van der Waals surface area (Å²) in [5.74, 6) is 0. The zero-order valence-corrected chi connectivity index (χ0v) is 12.3. The molecule has 2 aromatic rings. The van der Waals surface area contributed by atoms with Crippen molar-refractivity contribution in [2.45, 2.75) is 39.2 Å². The van der Waals surface area contributed by atoms with E-state index in [9.17, 15) is 5.26 Å². The van der Waals surface area contributed by atoms with E-state index in [0.29, 0.717) is 10.7 Å². The first-order chi connectivity index (χ1) is 9.76. The molecule has 0 amide bonds. The minimum absolute atomic E-state index is 0.350. The molecule has 0 radical (unpaired) electrons. The predicted molar refractivity (Wildman–Crippen MR) is 79.3 cm³/mol. The van der Waals surface area contributed by atoms with Gasteiger partial charge >= 0.3 is 0 Å². The van der Waals surface area contributed by atoms with Gasteiger partial charge in [0.05, 0.1) is 0 Å². The molecule has 0 unspecified atom stereocenters. The largest absolute Gasteiger partial charge is 0.243 e. The second-order valence-electron chi connectivity index (χ2n) is 4.69. The van der Waals surface area contributed by atoms with Crippen LogP contribution in [0.1, 0.15) is 38.3 Å². The highest BCUT2D eigenvalue weighted by atomic mass is 35.5. The summed E-state index contributed by atoms with van der Waals surface area (Å²) in [6.45, 7) is 2.96. The summed E-state index contributed by atoms with van der Waals surface area (Å²) in [7, 11) is 0. The molecule has 1 aromatic carbocycles. The van der Waals surface area contributed by atoms with Gasteiger partial charge in [-0.25, -0.2) is 4.68 Å². The van der Waals surface area contributed by atoms with Crippen molar-refractivity contribution in [3.63, 3.8) is 0 Å². The third-order valence-electron chi connectivity index (χ3n) is 3.16. The van der Waals surface area contributed by atoms with E-state index >= 15 is 0 Å². The van der Waals surface area contributed by atoms with Crippen LogP contribution in [-0.2, 0) is 6.54 Å². The van der Waals surface area contributed by atoms with Crippen LogP contribution in [0, 0.1) is 11.3 Å². The molecule has 104 valence electrons. The van der Waals surface area contributed by atoms with Crippen LogP contribution >= 0.6 is 11.6 Å². The number of aromatic nitrogens is 3. The Balaban J connectivity index is 2.26. The summed E-state index contributed by atoms with van der Waals surface area (Å²) in [5, 5.41) is 17.9. The van der Waals surface area contributed by atoms with Crippen molar-refractivity contribution in [2.24, 2.45) is 0 Å². The van der Waals surface area contributed by atoms with Crippen molar-refractivity contribution in [2.75, 3.05) is 0 Å². The second-order valence-corrected chi connectivity index (χ2v) is 5.13. The molecule has 0 aliphatic rings.